The summed E-state index contributed by atoms with van der Waals surface area (Å²) >= 11 is 0. The second-order valence-electron chi connectivity index (χ2n) is 2.83. The molecule has 2 amide bonds. The molecule has 0 unspecified atom stereocenters. The van der Waals surface area contributed by atoms with Crippen LogP contribution in [0.25, 0.3) is 0 Å². The monoisotopic (exact) mass is 174 g/mol. The van der Waals surface area contributed by atoms with Crippen LogP contribution in [0.15, 0.2) is 0 Å². The molecule has 0 aliphatic carbocycles. The molecule has 1 fully saturated rings. The van der Waals surface area contributed by atoms with Crippen LogP contribution < -0.4 is 5.73 Å². The molecule has 1 aliphatic rings. The Labute approximate surface area is 69.5 Å². The van der Waals surface area contributed by atoms with Crippen LogP contribution in [-0.2, 0) is 9.59 Å². The van der Waals surface area contributed by atoms with Gasteiger partial charge in [-0.1, -0.05) is 0 Å². The molecule has 0 bridgehead atoms. The first-order valence-electron chi connectivity index (χ1n) is 3.84. The number of alkyl halides is 1. The minimum absolute atomic E-state index is 0.295. The van der Waals surface area contributed by atoms with Crippen LogP contribution in [-0.4, -0.2) is 36.0 Å². The lowest BCUT2D eigenvalue weighted by Gasteiger charge is -2.27. The molecule has 1 saturated heterocycles. The third-order valence-corrected chi connectivity index (χ3v) is 1.92. The molecule has 0 aromatic rings. The highest BCUT2D eigenvalue weighted by atomic mass is 19.1. The van der Waals surface area contributed by atoms with Gasteiger partial charge in [-0.15, -0.1) is 0 Å². The Morgan fingerprint density at radius 3 is 2.25 bits per heavy atom. The molecule has 1 heterocycles. The molecular weight excluding hydrogens is 163 g/mol. The first-order chi connectivity index (χ1) is 5.61. The zero-order chi connectivity index (χ0) is 9.14. The Bertz CT molecular complexity index is 200. The van der Waals surface area contributed by atoms with Crippen molar-refractivity contribution in [1.29, 1.82) is 0 Å². The van der Waals surface area contributed by atoms with Crippen molar-refractivity contribution in [2.75, 3.05) is 13.1 Å². The number of hydrogen-bond acceptors (Lipinski definition) is 2. The lowest BCUT2D eigenvalue weighted by molar-refractivity contribution is -0.145. The van der Waals surface area contributed by atoms with E-state index in [4.69, 9.17) is 5.73 Å². The fourth-order valence-electron chi connectivity index (χ4n) is 1.21. The highest BCUT2D eigenvalue weighted by Gasteiger charge is 2.24. The van der Waals surface area contributed by atoms with Gasteiger partial charge in [0.2, 0.25) is 0 Å². The molecule has 0 spiro atoms. The Hall–Kier alpha value is -1.13. The van der Waals surface area contributed by atoms with E-state index in [0.717, 1.165) is 0 Å². The fourth-order valence-corrected chi connectivity index (χ4v) is 1.21. The van der Waals surface area contributed by atoms with Crippen LogP contribution in [0.5, 0.6) is 0 Å². The fraction of sp³-hybridized carbons (Fsp3) is 0.714. The van der Waals surface area contributed by atoms with Gasteiger partial charge in [0.25, 0.3) is 0 Å². The van der Waals surface area contributed by atoms with Crippen LogP contribution in [0.1, 0.15) is 12.8 Å². The van der Waals surface area contributed by atoms with Crippen LogP contribution in [0.4, 0.5) is 4.39 Å². The minimum atomic E-state index is -0.965. The van der Waals surface area contributed by atoms with Gasteiger partial charge < -0.3 is 10.6 Å². The minimum Gasteiger partial charge on any atom is -0.361 e. The van der Waals surface area contributed by atoms with Gasteiger partial charge in [-0.3, -0.25) is 9.59 Å². The summed E-state index contributed by atoms with van der Waals surface area (Å²) in [5, 5.41) is 0. The van der Waals surface area contributed by atoms with Gasteiger partial charge in [0.15, 0.2) is 0 Å². The molecule has 12 heavy (non-hydrogen) atoms. The third kappa shape index (κ3) is 1.93. The van der Waals surface area contributed by atoms with Crippen LogP contribution in [0.3, 0.4) is 0 Å². The van der Waals surface area contributed by atoms with Crippen LogP contribution in [0.2, 0.25) is 0 Å². The number of nitrogens with two attached hydrogens (primary N) is 1. The van der Waals surface area contributed by atoms with Gasteiger partial charge >= 0.3 is 11.8 Å². The lowest BCUT2D eigenvalue weighted by atomic mass is 10.1. The number of hydrogen-bond donors (Lipinski definition) is 1. The van der Waals surface area contributed by atoms with E-state index in [9.17, 15) is 14.0 Å². The third-order valence-electron chi connectivity index (χ3n) is 1.92. The molecule has 1 aliphatic heterocycles. The first kappa shape index (κ1) is 8.96. The summed E-state index contributed by atoms with van der Waals surface area (Å²) in [6.45, 7) is 0.589. The van der Waals surface area contributed by atoms with Crippen molar-refractivity contribution in [2.45, 2.75) is 19.0 Å². The van der Waals surface area contributed by atoms with Crippen molar-refractivity contribution in [3.05, 3.63) is 0 Å². The number of halogens is 1. The maximum Gasteiger partial charge on any atom is 0.311 e. The summed E-state index contributed by atoms with van der Waals surface area (Å²) in [5.41, 5.74) is 4.78. The first-order valence-corrected chi connectivity index (χ1v) is 3.84. The lowest BCUT2D eigenvalue weighted by Crippen LogP contribution is -2.44. The van der Waals surface area contributed by atoms with Gasteiger partial charge in [-0.25, -0.2) is 4.39 Å². The van der Waals surface area contributed by atoms with Gasteiger partial charge in [0.05, 0.1) is 0 Å². The normalized spacial score (nSPS) is 19.2. The van der Waals surface area contributed by atoms with Gasteiger partial charge in [0, 0.05) is 13.1 Å². The predicted octanol–water partition coefficient (Wildman–Crippen LogP) is -0.568. The molecule has 0 saturated carbocycles. The quantitative estimate of drug-likeness (QED) is 0.500. The van der Waals surface area contributed by atoms with Crippen molar-refractivity contribution < 1.29 is 14.0 Å². The SMILES string of the molecule is NC(=O)C(=O)N1CCC(F)CC1. The van der Waals surface area contributed by atoms with E-state index in [0.29, 0.717) is 25.9 Å². The number of piperidine rings is 1. The van der Waals surface area contributed by atoms with Gasteiger partial charge in [-0.05, 0) is 12.8 Å². The van der Waals surface area contributed by atoms with E-state index in [1.165, 1.54) is 4.90 Å². The standard InChI is InChI=1S/C7H11FN2O2/c8-5-1-3-10(4-2-5)7(12)6(9)11/h5H,1-4H2,(H2,9,11). The van der Waals surface area contributed by atoms with E-state index in [1.807, 2.05) is 0 Å². The zero-order valence-electron chi connectivity index (χ0n) is 6.62. The average Bonchev–Trinajstić information content (AvgIpc) is 2.04. The summed E-state index contributed by atoms with van der Waals surface area (Å²) in [5.74, 6) is -1.67. The molecule has 2 N–H and O–H groups in total. The van der Waals surface area contributed by atoms with Gasteiger partial charge in [-0.2, -0.15) is 0 Å². The summed E-state index contributed by atoms with van der Waals surface area (Å²) in [6.07, 6.45) is -0.236. The van der Waals surface area contributed by atoms with Gasteiger partial charge in [0.1, 0.15) is 6.17 Å². The van der Waals surface area contributed by atoms with E-state index in [2.05, 4.69) is 0 Å². The summed E-state index contributed by atoms with van der Waals surface area (Å²) in [6, 6.07) is 0. The highest BCUT2D eigenvalue weighted by molar-refractivity contribution is 6.34. The molecular formula is C7H11FN2O2. The number of likely N-dealkylation sites (tertiary alicyclic amines) is 1. The zero-order valence-corrected chi connectivity index (χ0v) is 6.62. The number of amides is 2. The smallest absolute Gasteiger partial charge is 0.311 e. The molecule has 0 atom stereocenters. The van der Waals surface area contributed by atoms with Crippen molar-refractivity contribution in [3.8, 4) is 0 Å². The summed E-state index contributed by atoms with van der Waals surface area (Å²) < 4.78 is 12.6. The second kappa shape index (κ2) is 3.51. The predicted molar refractivity (Wildman–Crippen MR) is 39.9 cm³/mol. The van der Waals surface area contributed by atoms with Crippen LogP contribution in [0, 0.1) is 0 Å². The number of rotatable bonds is 0. The Balaban J connectivity index is 2.44. The highest BCUT2D eigenvalue weighted by Crippen LogP contribution is 2.12. The number of nitrogens with zero attached hydrogens (tertiary/aromatic N) is 1. The molecule has 4 nitrogen and oxygen atoms in total. The van der Waals surface area contributed by atoms with E-state index < -0.39 is 18.0 Å². The summed E-state index contributed by atoms with van der Waals surface area (Å²) in [7, 11) is 0. The number of primary amides is 1. The largest absolute Gasteiger partial charge is 0.361 e. The topological polar surface area (TPSA) is 63.4 Å². The number of carbonyl (C=O) groups is 2. The molecule has 5 heteroatoms. The second-order valence-corrected chi connectivity index (χ2v) is 2.83. The number of carbonyl (C=O) groups excluding carboxylic acids is 2. The van der Waals surface area contributed by atoms with Crippen molar-refractivity contribution in [3.63, 3.8) is 0 Å². The van der Waals surface area contributed by atoms with Crippen molar-refractivity contribution in [2.24, 2.45) is 5.73 Å². The van der Waals surface area contributed by atoms with E-state index >= 15 is 0 Å². The maximum atomic E-state index is 12.6. The summed E-state index contributed by atoms with van der Waals surface area (Å²) in [4.78, 5) is 22.6. The van der Waals surface area contributed by atoms with E-state index in [-0.39, 0.29) is 0 Å². The van der Waals surface area contributed by atoms with Crippen molar-refractivity contribution >= 4 is 11.8 Å². The molecule has 1 rings (SSSR count). The molecule has 68 valence electrons. The van der Waals surface area contributed by atoms with Crippen LogP contribution >= 0.6 is 0 Å². The Morgan fingerprint density at radius 1 is 1.33 bits per heavy atom. The Kier molecular flexibility index (Phi) is 2.62. The molecule has 0 aromatic carbocycles. The maximum absolute atomic E-state index is 12.6. The van der Waals surface area contributed by atoms with E-state index in [1.54, 1.807) is 0 Å². The molecule has 0 aromatic heterocycles. The molecule has 0 radical (unpaired) electrons. The average molecular weight is 174 g/mol. The Morgan fingerprint density at radius 2 is 1.83 bits per heavy atom. The van der Waals surface area contributed by atoms with Crippen molar-refractivity contribution in [1.82, 2.24) is 4.90 Å².